The van der Waals surface area contributed by atoms with Crippen molar-refractivity contribution in [3.8, 4) is 5.75 Å². The van der Waals surface area contributed by atoms with Gasteiger partial charge in [0.05, 0.1) is 13.7 Å². The highest BCUT2D eigenvalue weighted by molar-refractivity contribution is 5.91. The van der Waals surface area contributed by atoms with Crippen molar-refractivity contribution in [1.82, 2.24) is 19.1 Å². The van der Waals surface area contributed by atoms with Crippen LogP contribution in [0.15, 0.2) is 70.5 Å². The molecule has 0 saturated carbocycles. The van der Waals surface area contributed by atoms with E-state index in [4.69, 9.17) is 4.74 Å². The number of nitrogens with one attached hydrogen (secondary N) is 1. The number of aryl methyl sites for hydroxylation is 1. The van der Waals surface area contributed by atoms with Crippen LogP contribution in [-0.2, 0) is 24.3 Å². The molecule has 0 saturated heterocycles. The van der Waals surface area contributed by atoms with Gasteiger partial charge in [0.25, 0.3) is 5.56 Å². The molecule has 0 aliphatic carbocycles. The van der Waals surface area contributed by atoms with Gasteiger partial charge < -0.3 is 10.1 Å². The average molecular weight is 445 g/mol. The van der Waals surface area contributed by atoms with E-state index in [1.165, 1.54) is 24.1 Å². The maximum absolute atomic E-state index is 13.3. The molecule has 1 N–H and O–H groups in total. The minimum Gasteiger partial charge on any atom is -0.497 e. The summed E-state index contributed by atoms with van der Waals surface area (Å²) in [6, 6.07) is 14.5. The molecule has 2 aromatic heterocycles. The van der Waals surface area contributed by atoms with E-state index >= 15 is 0 Å². The Labute approximate surface area is 189 Å². The molecule has 9 heteroatoms. The summed E-state index contributed by atoms with van der Waals surface area (Å²) in [6.45, 7) is 1.73. The van der Waals surface area contributed by atoms with Crippen molar-refractivity contribution in [3.63, 3.8) is 0 Å². The summed E-state index contributed by atoms with van der Waals surface area (Å²) in [5, 5.41) is 2.78. The van der Waals surface area contributed by atoms with Crippen molar-refractivity contribution in [1.29, 1.82) is 0 Å². The number of aromatic nitrogens is 4. The number of nitrogens with zero attached hydrogens (tertiary/aromatic N) is 4. The first-order valence-corrected chi connectivity index (χ1v) is 10.5. The van der Waals surface area contributed by atoms with Gasteiger partial charge in [-0.1, -0.05) is 31.2 Å². The van der Waals surface area contributed by atoms with Crippen LogP contribution < -0.4 is 21.3 Å². The summed E-state index contributed by atoms with van der Waals surface area (Å²) in [7, 11) is 1.54. The van der Waals surface area contributed by atoms with E-state index in [-0.39, 0.29) is 24.3 Å². The predicted octanol–water partition coefficient (Wildman–Crippen LogP) is 2.21. The fraction of sp³-hybridized carbons (Fsp3) is 0.208. The van der Waals surface area contributed by atoms with Gasteiger partial charge in [0, 0.05) is 18.1 Å². The number of ether oxygens (including phenoxy) is 1. The zero-order valence-electron chi connectivity index (χ0n) is 18.3. The number of hydrogen-bond acceptors (Lipinski definition) is 6. The number of hydrogen-bond donors (Lipinski definition) is 1. The van der Waals surface area contributed by atoms with Gasteiger partial charge in [-0.15, -0.1) is 0 Å². The Hall–Kier alpha value is -4.27. The van der Waals surface area contributed by atoms with Gasteiger partial charge in [0.1, 0.15) is 12.3 Å². The number of carbonyl (C=O) groups excluding carboxylic acids is 1. The average Bonchev–Trinajstić information content (AvgIpc) is 2.85. The Morgan fingerprint density at radius 2 is 1.76 bits per heavy atom. The van der Waals surface area contributed by atoms with Crippen LogP contribution >= 0.6 is 0 Å². The zero-order valence-corrected chi connectivity index (χ0v) is 18.3. The lowest BCUT2D eigenvalue weighted by atomic mass is 10.1. The summed E-state index contributed by atoms with van der Waals surface area (Å²) in [5.41, 5.74) is 1.32. The van der Waals surface area contributed by atoms with Crippen molar-refractivity contribution >= 4 is 22.8 Å². The standard InChI is InChI=1S/C24H23N5O4/c1-3-16-7-9-18(10-8-16)27-20(30)15-28-22-21(25-11-12-26-22)23(31)29(24(28)32)14-17-5-4-6-19(13-17)33-2/h4-13H,3,14-15H2,1-2H3,(H,27,30). The van der Waals surface area contributed by atoms with Gasteiger partial charge in [0.2, 0.25) is 5.91 Å². The Balaban J connectivity index is 1.71. The Bertz CT molecular complexity index is 1420. The summed E-state index contributed by atoms with van der Waals surface area (Å²) < 4.78 is 7.44. The van der Waals surface area contributed by atoms with Crippen molar-refractivity contribution in [2.75, 3.05) is 12.4 Å². The molecule has 168 valence electrons. The Kier molecular flexibility index (Phi) is 6.30. The van der Waals surface area contributed by atoms with Crippen LogP contribution in [0.4, 0.5) is 5.69 Å². The first-order valence-electron chi connectivity index (χ1n) is 10.5. The molecule has 0 aliphatic heterocycles. The third-order valence-corrected chi connectivity index (χ3v) is 5.27. The molecular weight excluding hydrogens is 422 g/mol. The van der Waals surface area contributed by atoms with Crippen LogP contribution in [0.1, 0.15) is 18.1 Å². The van der Waals surface area contributed by atoms with Gasteiger partial charge in [-0.2, -0.15) is 0 Å². The summed E-state index contributed by atoms with van der Waals surface area (Å²) in [6.07, 6.45) is 3.65. The van der Waals surface area contributed by atoms with Crippen LogP contribution in [-0.4, -0.2) is 32.1 Å². The van der Waals surface area contributed by atoms with Crippen LogP contribution in [0.25, 0.3) is 11.2 Å². The lowest BCUT2D eigenvalue weighted by Crippen LogP contribution is -2.42. The molecule has 0 unspecified atom stereocenters. The molecule has 0 fully saturated rings. The first kappa shape index (κ1) is 21.9. The molecule has 0 spiro atoms. The van der Waals surface area contributed by atoms with E-state index in [1.54, 1.807) is 36.4 Å². The number of benzene rings is 2. The molecule has 2 aromatic carbocycles. The molecule has 4 rings (SSSR count). The highest BCUT2D eigenvalue weighted by Gasteiger charge is 2.18. The van der Waals surface area contributed by atoms with Crippen molar-refractivity contribution in [2.24, 2.45) is 0 Å². The maximum atomic E-state index is 13.3. The second kappa shape index (κ2) is 9.47. The molecule has 2 heterocycles. The minimum atomic E-state index is -0.646. The van der Waals surface area contributed by atoms with Gasteiger partial charge in [-0.05, 0) is 41.8 Å². The third kappa shape index (κ3) is 4.67. The van der Waals surface area contributed by atoms with Crippen molar-refractivity contribution in [3.05, 3.63) is 92.9 Å². The first-order chi connectivity index (χ1) is 16.0. The van der Waals surface area contributed by atoms with E-state index in [2.05, 4.69) is 15.3 Å². The van der Waals surface area contributed by atoms with Gasteiger partial charge in [0.15, 0.2) is 11.2 Å². The van der Waals surface area contributed by atoms with E-state index in [9.17, 15) is 14.4 Å². The van der Waals surface area contributed by atoms with E-state index < -0.39 is 17.2 Å². The Morgan fingerprint density at radius 3 is 2.48 bits per heavy atom. The molecule has 0 aliphatic rings. The van der Waals surface area contributed by atoms with E-state index in [0.29, 0.717) is 17.0 Å². The number of fused-ring (bicyclic) bond motifs is 1. The highest BCUT2D eigenvalue weighted by atomic mass is 16.5. The van der Waals surface area contributed by atoms with Crippen molar-refractivity contribution < 1.29 is 9.53 Å². The van der Waals surface area contributed by atoms with Crippen LogP contribution in [0, 0.1) is 0 Å². The molecule has 0 bridgehead atoms. The quantitative estimate of drug-likeness (QED) is 0.467. The van der Waals surface area contributed by atoms with Crippen molar-refractivity contribution in [2.45, 2.75) is 26.4 Å². The third-order valence-electron chi connectivity index (χ3n) is 5.27. The summed E-state index contributed by atoms with van der Waals surface area (Å²) >= 11 is 0. The molecule has 0 radical (unpaired) electrons. The summed E-state index contributed by atoms with van der Waals surface area (Å²) in [4.78, 5) is 47.3. The number of amides is 1. The lowest BCUT2D eigenvalue weighted by Gasteiger charge is -2.13. The van der Waals surface area contributed by atoms with E-state index in [0.717, 1.165) is 16.6 Å². The smallest absolute Gasteiger partial charge is 0.333 e. The van der Waals surface area contributed by atoms with Gasteiger partial charge in [-0.3, -0.25) is 18.7 Å². The van der Waals surface area contributed by atoms with Gasteiger partial charge in [-0.25, -0.2) is 14.8 Å². The fourth-order valence-corrected chi connectivity index (χ4v) is 3.53. The van der Waals surface area contributed by atoms with Crippen LogP contribution in [0.2, 0.25) is 0 Å². The largest absolute Gasteiger partial charge is 0.497 e. The number of methoxy groups -OCH3 is 1. The van der Waals surface area contributed by atoms with Crippen LogP contribution in [0.3, 0.4) is 0 Å². The second-order valence-electron chi connectivity index (χ2n) is 7.44. The molecule has 9 nitrogen and oxygen atoms in total. The maximum Gasteiger partial charge on any atom is 0.333 e. The number of carbonyl (C=O) groups is 1. The second-order valence-corrected chi connectivity index (χ2v) is 7.44. The van der Waals surface area contributed by atoms with Crippen LogP contribution in [0.5, 0.6) is 5.75 Å². The number of rotatable bonds is 7. The Morgan fingerprint density at radius 1 is 1.00 bits per heavy atom. The normalized spacial score (nSPS) is 10.8. The predicted molar refractivity (Wildman–Crippen MR) is 125 cm³/mol. The SMILES string of the molecule is CCc1ccc(NC(=O)Cn2c(=O)n(Cc3cccc(OC)c3)c(=O)c3nccnc32)cc1. The zero-order chi connectivity index (χ0) is 23.4. The molecule has 4 aromatic rings. The van der Waals surface area contributed by atoms with Gasteiger partial charge >= 0.3 is 5.69 Å². The summed E-state index contributed by atoms with van der Waals surface area (Å²) in [5.74, 6) is 0.190. The number of anilines is 1. The molecule has 1 amide bonds. The lowest BCUT2D eigenvalue weighted by molar-refractivity contribution is -0.116. The molecular formula is C24H23N5O4. The molecule has 0 atom stereocenters. The minimum absolute atomic E-state index is 0.00147. The molecule has 33 heavy (non-hydrogen) atoms. The monoisotopic (exact) mass is 445 g/mol. The van der Waals surface area contributed by atoms with E-state index in [1.807, 2.05) is 19.1 Å². The highest BCUT2D eigenvalue weighted by Crippen LogP contribution is 2.13. The topological polar surface area (TPSA) is 108 Å². The fourth-order valence-electron chi connectivity index (χ4n) is 3.53.